The van der Waals surface area contributed by atoms with Crippen molar-refractivity contribution < 1.29 is 14.4 Å². The third-order valence-electron chi connectivity index (χ3n) is 6.81. The predicted octanol–water partition coefficient (Wildman–Crippen LogP) is 2.03. The fraction of sp³-hybridized carbons (Fsp3) is 0.333. The molecule has 0 saturated carbocycles. The van der Waals surface area contributed by atoms with Crippen molar-refractivity contribution in [2.75, 3.05) is 0 Å². The van der Waals surface area contributed by atoms with Crippen LogP contribution in [0.2, 0.25) is 0 Å². The minimum absolute atomic E-state index is 0.0650. The number of fused-ring (bicyclic) bond motifs is 2. The molecular formula is C24H22N6O3. The highest BCUT2D eigenvalue weighted by atomic mass is 16.2. The molecule has 1 aliphatic carbocycles. The number of carbonyl (C=O) groups is 3. The van der Waals surface area contributed by atoms with Crippen LogP contribution in [0.5, 0.6) is 0 Å². The fourth-order valence-electron chi connectivity index (χ4n) is 5.14. The zero-order valence-electron chi connectivity index (χ0n) is 17.9. The monoisotopic (exact) mass is 442 g/mol. The first-order valence-electron chi connectivity index (χ1n) is 11.2. The van der Waals surface area contributed by atoms with E-state index in [2.05, 4.69) is 26.7 Å². The van der Waals surface area contributed by atoms with Crippen LogP contribution < -0.4 is 5.32 Å². The van der Waals surface area contributed by atoms with Crippen LogP contribution >= 0.6 is 0 Å². The van der Waals surface area contributed by atoms with Gasteiger partial charge in [-0.25, -0.2) is 4.68 Å². The van der Waals surface area contributed by atoms with Crippen molar-refractivity contribution in [2.45, 2.75) is 50.7 Å². The number of hydrogen-bond acceptors (Lipinski definition) is 6. The van der Waals surface area contributed by atoms with Crippen molar-refractivity contribution >= 4 is 17.7 Å². The molecule has 9 nitrogen and oxygen atoms in total. The maximum Gasteiger partial charge on any atom is 0.255 e. The van der Waals surface area contributed by atoms with E-state index in [0.29, 0.717) is 18.5 Å². The van der Waals surface area contributed by atoms with Crippen LogP contribution in [0.1, 0.15) is 58.9 Å². The van der Waals surface area contributed by atoms with E-state index in [1.807, 2.05) is 35.3 Å². The molecule has 0 spiro atoms. The standard InChI is InChI=1S/C24H22N6O3/c31-21-9-8-20(23(32)26-21)29-12-16-11-15(6-7-17(16)24(29)33)18-13-30(28-27-18)19-5-1-3-14-4-2-10-25-22(14)19/h2,4,6-7,10-11,13,19-20H,1,3,5,8-9,12H2,(H,26,31,32)/t19-,20?/m1/s1. The number of benzene rings is 1. The van der Waals surface area contributed by atoms with Crippen molar-refractivity contribution in [1.29, 1.82) is 0 Å². The highest BCUT2D eigenvalue weighted by molar-refractivity contribution is 6.05. The second-order valence-electron chi connectivity index (χ2n) is 8.81. The second-order valence-corrected chi connectivity index (χ2v) is 8.81. The fourth-order valence-corrected chi connectivity index (χ4v) is 5.14. The first-order chi connectivity index (χ1) is 16.1. The van der Waals surface area contributed by atoms with Gasteiger partial charge in [0.1, 0.15) is 11.7 Å². The molecule has 3 aliphatic rings. The summed E-state index contributed by atoms with van der Waals surface area (Å²) in [6, 6.07) is 9.14. The van der Waals surface area contributed by atoms with Crippen LogP contribution in [0, 0.1) is 0 Å². The molecule has 1 N–H and O–H groups in total. The van der Waals surface area contributed by atoms with E-state index >= 15 is 0 Å². The Hall–Kier alpha value is -3.88. The summed E-state index contributed by atoms with van der Waals surface area (Å²) < 4.78 is 1.88. The summed E-state index contributed by atoms with van der Waals surface area (Å²) in [6.07, 6.45) is 7.42. The van der Waals surface area contributed by atoms with Crippen LogP contribution in [0.15, 0.2) is 42.7 Å². The smallest absolute Gasteiger partial charge is 0.255 e. The van der Waals surface area contributed by atoms with E-state index in [4.69, 9.17) is 0 Å². The molecule has 3 aromatic rings. The highest BCUT2D eigenvalue weighted by Crippen LogP contribution is 2.33. The highest BCUT2D eigenvalue weighted by Gasteiger charge is 2.39. The Morgan fingerprint density at radius 3 is 2.79 bits per heavy atom. The van der Waals surface area contributed by atoms with Crippen molar-refractivity contribution in [3.05, 3.63) is 65.1 Å². The van der Waals surface area contributed by atoms with Gasteiger partial charge >= 0.3 is 0 Å². The van der Waals surface area contributed by atoms with Crippen molar-refractivity contribution in [3.63, 3.8) is 0 Å². The van der Waals surface area contributed by atoms with Gasteiger partial charge in [0.05, 0.1) is 17.9 Å². The van der Waals surface area contributed by atoms with Crippen LogP contribution in [-0.4, -0.2) is 48.6 Å². The number of carbonyl (C=O) groups excluding carboxylic acids is 3. The minimum atomic E-state index is -0.620. The van der Waals surface area contributed by atoms with Gasteiger partial charge in [0.2, 0.25) is 11.8 Å². The SMILES string of the molecule is O=C1CCC(N2Cc3cc(-c4cn([C@@H]5CCCc6cccnc65)nn4)ccc3C2=O)C(=O)N1. The Morgan fingerprint density at radius 2 is 1.91 bits per heavy atom. The number of pyridine rings is 1. The number of aromatic nitrogens is 4. The zero-order chi connectivity index (χ0) is 22.5. The molecule has 2 atom stereocenters. The molecule has 2 aliphatic heterocycles. The summed E-state index contributed by atoms with van der Waals surface area (Å²) in [5, 5.41) is 11.1. The first-order valence-corrected chi connectivity index (χ1v) is 11.2. The van der Waals surface area contributed by atoms with Gasteiger partial charge in [-0.05, 0) is 55.0 Å². The lowest BCUT2D eigenvalue weighted by Gasteiger charge is -2.29. The molecule has 9 heteroatoms. The lowest BCUT2D eigenvalue weighted by Crippen LogP contribution is -2.52. The Labute approximate surface area is 189 Å². The van der Waals surface area contributed by atoms with Gasteiger partial charge in [-0.3, -0.25) is 24.7 Å². The number of hydrogen-bond donors (Lipinski definition) is 1. The van der Waals surface area contributed by atoms with Gasteiger partial charge in [-0.2, -0.15) is 0 Å². The summed E-state index contributed by atoms with van der Waals surface area (Å²) in [5.41, 5.74) is 5.35. The predicted molar refractivity (Wildman–Crippen MR) is 117 cm³/mol. The normalized spacial score (nSPS) is 22.2. The van der Waals surface area contributed by atoms with E-state index < -0.39 is 11.9 Å². The van der Waals surface area contributed by atoms with Crippen LogP contribution in [0.4, 0.5) is 0 Å². The largest absolute Gasteiger partial charge is 0.322 e. The molecule has 166 valence electrons. The molecule has 3 amide bonds. The van der Waals surface area contributed by atoms with Crippen LogP contribution in [0.25, 0.3) is 11.3 Å². The Balaban J connectivity index is 1.26. The molecular weight excluding hydrogens is 420 g/mol. The summed E-state index contributed by atoms with van der Waals surface area (Å²) in [4.78, 5) is 42.8. The van der Waals surface area contributed by atoms with E-state index in [-0.39, 0.29) is 24.3 Å². The number of piperidine rings is 1. The quantitative estimate of drug-likeness (QED) is 0.622. The van der Waals surface area contributed by atoms with Gasteiger partial charge < -0.3 is 4.90 Å². The molecule has 4 heterocycles. The lowest BCUT2D eigenvalue weighted by atomic mass is 9.92. The van der Waals surface area contributed by atoms with Crippen LogP contribution in [0.3, 0.4) is 0 Å². The Bertz CT molecular complexity index is 1300. The zero-order valence-corrected chi connectivity index (χ0v) is 17.9. The molecule has 33 heavy (non-hydrogen) atoms. The van der Waals surface area contributed by atoms with E-state index in [0.717, 1.165) is 41.8 Å². The third kappa shape index (κ3) is 3.31. The van der Waals surface area contributed by atoms with E-state index in [1.165, 1.54) is 5.56 Å². The van der Waals surface area contributed by atoms with Crippen molar-refractivity contribution in [1.82, 2.24) is 30.2 Å². The van der Waals surface area contributed by atoms with Gasteiger partial charge in [0.15, 0.2) is 0 Å². The second kappa shape index (κ2) is 7.61. The average molecular weight is 442 g/mol. The number of amides is 3. The molecule has 1 saturated heterocycles. The van der Waals surface area contributed by atoms with Crippen LogP contribution in [-0.2, 0) is 22.6 Å². The third-order valence-corrected chi connectivity index (χ3v) is 6.81. The summed E-state index contributed by atoms with van der Waals surface area (Å²) in [5.74, 6) is -0.877. The molecule has 2 aromatic heterocycles. The van der Waals surface area contributed by atoms with Gasteiger partial charge in [-0.1, -0.05) is 17.3 Å². The van der Waals surface area contributed by atoms with Gasteiger partial charge in [0.25, 0.3) is 5.91 Å². The molecule has 6 rings (SSSR count). The number of imide groups is 1. The molecule has 0 radical (unpaired) electrons. The van der Waals surface area contributed by atoms with E-state index in [9.17, 15) is 14.4 Å². The molecule has 0 bridgehead atoms. The first kappa shape index (κ1) is 19.8. The number of nitrogens with one attached hydrogen (secondary N) is 1. The van der Waals surface area contributed by atoms with Crippen molar-refractivity contribution in [3.8, 4) is 11.3 Å². The van der Waals surface area contributed by atoms with Crippen molar-refractivity contribution in [2.24, 2.45) is 0 Å². The summed E-state index contributed by atoms with van der Waals surface area (Å²) in [7, 11) is 0. The Kier molecular flexibility index (Phi) is 4.56. The van der Waals surface area contributed by atoms with Gasteiger partial charge in [0, 0.05) is 30.3 Å². The number of rotatable bonds is 3. The number of nitrogens with zero attached hydrogens (tertiary/aromatic N) is 5. The molecule has 1 unspecified atom stereocenters. The van der Waals surface area contributed by atoms with E-state index in [1.54, 1.807) is 11.0 Å². The topological polar surface area (TPSA) is 110 Å². The molecule has 1 fully saturated rings. The maximum atomic E-state index is 12.9. The minimum Gasteiger partial charge on any atom is -0.322 e. The summed E-state index contributed by atoms with van der Waals surface area (Å²) >= 11 is 0. The maximum absolute atomic E-state index is 12.9. The number of aryl methyl sites for hydroxylation is 1. The molecule has 1 aromatic carbocycles. The summed E-state index contributed by atoms with van der Waals surface area (Å²) in [6.45, 7) is 0.336. The average Bonchev–Trinajstić information content (AvgIpc) is 3.44. The van der Waals surface area contributed by atoms with Gasteiger partial charge in [-0.15, -0.1) is 5.10 Å². The Morgan fingerprint density at radius 1 is 1.00 bits per heavy atom. The lowest BCUT2D eigenvalue weighted by molar-refractivity contribution is -0.136.